The van der Waals surface area contributed by atoms with Crippen molar-refractivity contribution in [1.82, 2.24) is 0 Å². The van der Waals surface area contributed by atoms with Crippen LogP contribution in [0.3, 0.4) is 0 Å². The Hall–Kier alpha value is -1.22. The van der Waals surface area contributed by atoms with Crippen molar-refractivity contribution in [3.63, 3.8) is 0 Å². The van der Waals surface area contributed by atoms with Gasteiger partial charge in [0.1, 0.15) is 11.5 Å². The molecule has 0 heterocycles. The molecule has 0 radical (unpaired) electrons. The maximum Gasteiger partial charge on any atom is 0.338 e. The van der Waals surface area contributed by atoms with E-state index >= 15 is 0 Å². The summed E-state index contributed by atoms with van der Waals surface area (Å²) in [6.07, 6.45) is 0. The summed E-state index contributed by atoms with van der Waals surface area (Å²) >= 11 is 14.0. The second-order valence-electron chi connectivity index (χ2n) is 7.49. The molecule has 2 aromatic carbocycles. The Morgan fingerprint density at radius 2 is 1.06 bits per heavy atom. The van der Waals surface area contributed by atoms with Crippen LogP contribution in [0, 0.1) is 0 Å². The Bertz CT molecular complexity index is 1020. The van der Waals surface area contributed by atoms with E-state index in [1.54, 1.807) is 26.0 Å². The third-order valence-electron chi connectivity index (χ3n) is 4.45. The Morgan fingerprint density at radius 1 is 0.742 bits per heavy atom. The number of ether oxygens (including phenoxy) is 2. The van der Waals surface area contributed by atoms with Gasteiger partial charge in [-0.25, -0.2) is 9.59 Å². The summed E-state index contributed by atoms with van der Waals surface area (Å²) < 4.78 is 14.1. The van der Waals surface area contributed by atoms with Gasteiger partial charge in [0.25, 0.3) is 0 Å². The molecule has 8 heteroatoms. The second kappa shape index (κ2) is 10.1. The van der Waals surface area contributed by atoms with Crippen LogP contribution in [0.4, 0.5) is 0 Å². The molecular weight excluding hydrogens is 660 g/mol. The molecule has 0 unspecified atom stereocenters. The van der Waals surface area contributed by atoms with Gasteiger partial charge in [-0.1, -0.05) is 58.9 Å². The minimum absolute atomic E-state index is 0.278. The molecule has 2 rings (SSSR count). The molecule has 0 atom stereocenters. The Kier molecular flexibility index (Phi) is 8.52. The van der Waals surface area contributed by atoms with Gasteiger partial charge >= 0.3 is 11.9 Å². The predicted molar refractivity (Wildman–Crippen MR) is 137 cm³/mol. The van der Waals surface area contributed by atoms with Crippen molar-refractivity contribution >= 4 is 75.7 Å². The van der Waals surface area contributed by atoms with Gasteiger partial charge in [-0.3, -0.25) is 0 Å². The van der Waals surface area contributed by atoms with Crippen LogP contribution in [0.1, 0.15) is 38.8 Å². The second-order valence-corrected chi connectivity index (χ2v) is 11.0. The van der Waals surface area contributed by atoms with Crippen LogP contribution in [-0.2, 0) is 15.0 Å². The molecule has 0 bridgehead atoms. The Morgan fingerprint density at radius 3 is 1.35 bits per heavy atom. The third-order valence-corrected chi connectivity index (χ3v) is 6.54. The van der Waals surface area contributed by atoms with E-state index in [0.717, 1.165) is 8.95 Å². The minimum Gasteiger partial charge on any atom is -0.422 e. The van der Waals surface area contributed by atoms with Crippen LogP contribution in [0.5, 0.6) is 11.5 Å². The summed E-state index contributed by atoms with van der Waals surface area (Å²) in [5, 5.41) is 0. The molecule has 0 saturated heterocycles. The SMILES string of the molecule is C=C(C)C(=O)Oc1c(Br)cc(Br)cc1C(C)(C)c1cc(Br)cc(Br)c1OC(=O)C(=C)C. The molecule has 0 saturated carbocycles. The van der Waals surface area contributed by atoms with E-state index in [0.29, 0.717) is 31.6 Å². The number of hydrogen-bond acceptors (Lipinski definition) is 4. The number of halogens is 4. The van der Waals surface area contributed by atoms with Crippen molar-refractivity contribution in [2.75, 3.05) is 0 Å². The average molecular weight is 680 g/mol. The molecule has 0 aliphatic rings. The first kappa shape index (κ1) is 26.0. The number of carbonyl (C=O) groups excluding carboxylic acids is 2. The van der Waals surface area contributed by atoms with Crippen molar-refractivity contribution in [3.8, 4) is 11.5 Å². The molecule has 0 spiro atoms. The van der Waals surface area contributed by atoms with Gasteiger partial charge in [0.15, 0.2) is 0 Å². The van der Waals surface area contributed by atoms with Crippen molar-refractivity contribution in [2.24, 2.45) is 0 Å². The summed E-state index contributed by atoms with van der Waals surface area (Å²) in [5.74, 6) is -0.363. The highest BCUT2D eigenvalue weighted by molar-refractivity contribution is 9.11. The fourth-order valence-corrected chi connectivity index (χ4v) is 5.37. The minimum atomic E-state index is -0.756. The van der Waals surface area contributed by atoms with Gasteiger partial charge in [0.2, 0.25) is 0 Å². The van der Waals surface area contributed by atoms with Crippen LogP contribution in [0.15, 0.2) is 66.5 Å². The van der Waals surface area contributed by atoms with Crippen LogP contribution < -0.4 is 9.47 Å². The molecule has 2 aromatic rings. The fourth-order valence-electron chi connectivity index (χ4n) is 2.76. The predicted octanol–water partition coefficient (Wildman–Crippen LogP) is 8.03. The van der Waals surface area contributed by atoms with Gasteiger partial charge in [-0.2, -0.15) is 0 Å². The van der Waals surface area contributed by atoms with E-state index in [4.69, 9.17) is 9.47 Å². The zero-order chi connectivity index (χ0) is 23.7. The zero-order valence-electron chi connectivity index (χ0n) is 17.4. The summed E-state index contributed by atoms with van der Waals surface area (Å²) in [4.78, 5) is 24.6. The van der Waals surface area contributed by atoms with Gasteiger partial charge < -0.3 is 9.47 Å². The first-order valence-corrected chi connectivity index (χ1v) is 12.2. The molecule has 164 valence electrons. The molecular formula is C23H20Br4O4. The Balaban J connectivity index is 2.78. The Labute approximate surface area is 215 Å². The van der Waals surface area contributed by atoms with Crippen LogP contribution in [-0.4, -0.2) is 11.9 Å². The molecule has 0 aromatic heterocycles. The number of carbonyl (C=O) groups is 2. The maximum atomic E-state index is 12.3. The van der Waals surface area contributed by atoms with E-state index in [9.17, 15) is 9.59 Å². The fraction of sp³-hybridized carbons (Fsp3) is 0.217. The van der Waals surface area contributed by atoms with Gasteiger partial charge in [0, 0.05) is 36.6 Å². The highest BCUT2D eigenvalue weighted by Crippen LogP contribution is 2.48. The van der Waals surface area contributed by atoms with Crippen LogP contribution >= 0.6 is 63.7 Å². The van der Waals surface area contributed by atoms with E-state index < -0.39 is 17.4 Å². The van der Waals surface area contributed by atoms with Crippen LogP contribution in [0.2, 0.25) is 0 Å². The maximum absolute atomic E-state index is 12.3. The average Bonchev–Trinajstić information content (AvgIpc) is 2.64. The quantitative estimate of drug-likeness (QED) is 0.176. The topological polar surface area (TPSA) is 52.6 Å². The van der Waals surface area contributed by atoms with Crippen molar-refractivity contribution in [2.45, 2.75) is 33.1 Å². The summed E-state index contributed by atoms with van der Waals surface area (Å²) in [6.45, 7) is 14.4. The molecule has 0 aliphatic carbocycles. The number of hydrogen-bond donors (Lipinski definition) is 0. The monoisotopic (exact) mass is 676 g/mol. The lowest BCUT2D eigenvalue weighted by molar-refractivity contribution is -0.131. The lowest BCUT2D eigenvalue weighted by atomic mass is 9.77. The van der Waals surface area contributed by atoms with Crippen molar-refractivity contribution in [3.05, 3.63) is 77.6 Å². The molecule has 0 amide bonds. The summed E-state index contributed by atoms with van der Waals surface area (Å²) in [5.41, 5.74) is 1.19. The van der Waals surface area contributed by atoms with E-state index in [2.05, 4.69) is 76.9 Å². The first-order chi connectivity index (χ1) is 14.2. The normalized spacial score (nSPS) is 11.1. The number of rotatable bonds is 6. The smallest absolute Gasteiger partial charge is 0.338 e. The lowest BCUT2D eigenvalue weighted by Gasteiger charge is -2.31. The number of benzene rings is 2. The molecule has 0 fully saturated rings. The van der Waals surface area contributed by atoms with E-state index in [-0.39, 0.29) is 11.1 Å². The molecule has 0 aliphatic heterocycles. The van der Waals surface area contributed by atoms with E-state index in [1.165, 1.54) is 0 Å². The number of esters is 2. The highest BCUT2D eigenvalue weighted by Gasteiger charge is 2.34. The zero-order valence-corrected chi connectivity index (χ0v) is 23.7. The molecule has 4 nitrogen and oxygen atoms in total. The molecule has 31 heavy (non-hydrogen) atoms. The first-order valence-electron chi connectivity index (χ1n) is 9.00. The molecule has 0 N–H and O–H groups in total. The highest BCUT2D eigenvalue weighted by atomic mass is 79.9. The van der Waals surface area contributed by atoms with Crippen LogP contribution in [0.25, 0.3) is 0 Å². The van der Waals surface area contributed by atoms with Gasteiger partial charge in [-0.15, -0.1) is 0 Å². The van der Waals surface area contributed by atoms with Gasteiger partial charge in [-0.05, 0) is 70.0 Å². The van der Waals surface area contributed by atoms with Crippen molar-refractivity contribution < 1.29 is 19.1 Å². The third kappa shape index (κ3) is 5.97. The van der Waals surface area contributed by atoms with E-state index in [1.807, 2.05) is 26.0 Å². The van der Waals surface area contributed by atoms with Crippen molar-refractivity contribution in [1.29, 1.82) is 0 Å². The summed E-state index contributed by atoms with van der Waals surface area (Å²) in [7, 11) is 0. The standard InChI is InChI=1S/C23H20Br4O4/c1-11(2)21(28)30-19-15(7-13(24)9-17(19)26)23(5,6)16-8-14(25)10-18(27)20(16)31-22(29)12(3)4/h7-10H,1,3H2,2,4-6H3. The lowest BCUT2D eigenvalue weighted by Crippen LogP contribution is -2.24. The largest absolute Gasteiger partial charge is 0.422 e. The van der Waals surface area contributed by atoms with Gasteiger partial charge in [0.05, 0.1) is 8.95 Å². The summed E-state index contributed by atoms with van der Waals surface area (Å²) in [6, 6.07) is 7.31.